The molecule has 112 valence electrons. The van der Waals surface area contributed by atoms with Crippen LogP contribution >= 0.6 is 0 Å². The highest BCUT2D eigenvalue weighted by atomic mass is 19.1. The summed E-state index contributed by atoms with van der Waals surface area (Å²) in [5.41, 5.74) is 5.19. The molecular formula is C19H19FN2. The van der Waals surface area contributed by atoms with Crippen LogP contribution in [0.15, 0.2) is 47.5 Å². The highest BCUT2D eigenvalue weighted by Crippen LogP contribution is 2.40. The summed E-state index contributed by atoms with van der Waals surface area (Å²) in [4.78, 5) is 4.35. The first-order valence-electron chi connectivity index (χ1n) is 7.90. The molecule has 1 fully saturated rings. The van der Waals surface area contributed by atoms with Gasteiger partial charge < -0.3 is 5.32 Å². The van der Waals surface area contributed by atoms with E-state index in [0.29, 0.717) is 12.0 Å². The van der Waals surface area contributed by atoms with Gasteiger partial charge in [-0.2, -0.15) is 0 Å². The number of halogens is 1. The Kier molecular flexibility index (Phi) is 3.51. The molecule has 0 aromatic heterocycles. The van der Waals surface area contributed by atoms with Gasteiger partial charge in [-0.05, 0) is 53.3 Å². The molecule has 2 unspecified atom stereocenters. The van der Waals surface area contributed by atoms with E-state index >= 15 is 0 Å². The molecule has 0 radical (unpaired) electrons. The van der Waals surface area contributed by atoms with Crippen LogP contribution in [0.2, 0.25) is 0 Å². The first-order chi connectivity index (χ1) is 10.8. The van der Waals surface area contributed by atoms with Gasteiger partial charge in [0, 0.05) is 31.3 Å². The lowest BCUT2D eigenvalue weighted by Gasteiger charge is -2.12. The molecule has 0 spiro atoms. The summed E-state index contributed by atoms with van der Waals surface area (Å²) in [6.45, 7) is 1.79. The standard InChI is InChI=1S/C19H19FN2/c20-17-5-3-15(4-6-17)18-10-19(18)22-11-13-1-2-14-7-8-21-12-16(14)9-13/h1-6,9,12,18-19,22H,7-8,10-11H2. The Balaban J connectivity index is 1.36. The first-order valence-corrected chi connectivity index (χ1v) is 7.90. The maximum atomic E-state index is 12.9. The number of aliphatic imine (C=N–C) groups is 1. The van der Waals surface area contributed by atoms with Crippen molar-refractivity contribution < 1.29 is 4.39 Å². The first kappa shape index (κ1) is 13.6. The lowest BCUT2D eigenvalue weighted by molar-refractivity contribution is 0.626. The van der Waals surface area contributed by atoms with Gasteiger partial charge in [-0.25, -0.2) is 4.39 Å². The lowest BCUT2D eigenvalue weighted by atomic mass is 10.0. The Bertz CT molecular complexity index is 706. The van der Waals surface area contributed by atoms with E-state index in [0.717, 1.165) is 25.9 Å². The summed E-state index contributed by atoms with van der Waals surface area (Å²) < 4.78 is 12.9. The van der Waals surface area contributed by atoms with E-state index in [1.54, 1.807) is 12.1 Å². The fourth-order valence-electron chi connectivity index (χ4n) is 3.20. The van der Waals surface area contributed by atoms with Gasteiger partial charge in [-0.15, -0.1) is 0 Å². The molecule has 1 heterocycles. The van der Waals surface area contributed by atoms with E-state index < -0.39 is 0 Å². The molecule has 0 amide bonds. The van der Waals surface area contributed by atoms with Gasteiger partial charge in [0.25, 0.3) is 0 Å². The van der Waals surface area contributed by atoms with E-state index in [-0.39, 0.29) is 5.82 Å². The summed E-state index contributed by atoms with van der Waals surface area (Å²) in [6, 6.07) is 14.1. The van der Waals surface area contributed by atoms with Gasteiger partial charge in [0.1, 0.15) is 5.82 Å². The maximum Gasteiger partial charge on any atom is 0.123 e. The molecule has 1 N–H and O–H groups in total. The van der Waals surface area contributed by atoms with E-state index in [4.69, 9.17) is 0 Å². The van der Waals surface area contributed by atoms with Crippen molar-refractivity contribution in [3.8, 4) is 0 Å². The molecule has 2 atom stereocenters. The second kappa shape index (κ2) is 5.65. The van der Waals surface area contributed by atoms with Crippen LogP contribution in [0.4, 0.5) is 4.39 Å². The van der Waals surface area contributed by atoms with E-state index in [1.165, 1.54) is 22.3 Å². The van der Waals surface area contributed by atoms with Gasteiger partial charge in [-0.1, -0.05) is 24.3 Å². The maximum absolute atomic E-state index is 12.9. The molecule has 1 aliphatic heterocycles. The zero-order valence-electron chi connectivity index (χ0n) is 12.4. The average Bonchev–Trinajstić information content (AvgIpc) is 3.33. The minimum atomic E-state index is -0.162. The molecule has 22 heavy (non-hydrogen) atoms. The van der Waals surface area contributed by atoms with E-state index in [9.17, 15) is 4.39 Å². The molecule has 2 nitrogen and oxygen atoms in total. The molecule has 2 aromatic carbocycles. The molecule has 4 rings (SSSR count). The smallest absolute Gasteiger partial charge is 0.123 e. The van der Waals surface area contributed by atoms with Crippen LogP contribution < -0.4 is 5.32 Å². The number of rotatable bonds is 4. The van der Waals surface area contributed by atoms with Crippen molar-refractivity contribution in [2.75, 3.05) is 6.54 Å². The van der Waals surface area contributed by atoms with Crippen LogP contribution in [0.25, 0.3) is 0 Å². The summed E-state index contributed by atoms with van der Waals surface area (Å²) in [5.74, 6) is 0.365. The van der Waals surface area contributed by atoms with E-state index in [2.05, 4.69) is 28.5 Å². The third-order valence-corrected chi connectivity index (χ3v) is 4.61. The minimum Gasteiger partial charge on any atom is -0.309 e. The van der Waals surface area contributed by atoms with Crippen molar-refractivity contribution in [2.24, 2.45) is 4.99 Å². The van der Waals surface area contributed by atoms with Crippen LogP contribution in [-0.2, 0) is 13.0 Å². The SMILES string of the molecule is Fc1ccc(C2CC2NCc2ccc3c(c2)C=NCC3)cc1. The largest absolute Gasteiger partial charge is 0.309 e. The number of hydrogen-bond acceptors (Lipinski definition) is 2. The van der Waals surface area contributed by atoms with Crippen molar-refractivity contribution in [3.05, 3.63) is 70.5 Å². The molecule has 1 saturated carbocycles. The summed E-state index contributed by atoms with van der Waals surface area (Å²) in [6.07, 6.45) is 4.17. The number of hydrogen-bond donors (Lipinski definition) is 1. The van der Waals surface area contributed by atoms with Crippen LogP contribution in [0, 0.1) is 5.82 Å². The van der Waals surface area contributed by atoms with Crippen molar-refractivity contribution in [1.82, 2.24) is 5.32 Å². The van der Waals surface area contributed by atoms with Crippen LogP contribution in [0.3, 0.4) is 0 Å². The lowest BCUT2D eigenvalue weighted by Crippen LogP contribution is -2.17. The highest BCUT2D eigenvalue weighted by molar-refractivity contribution is 5.83. The fourth-order valence-corrected chi connectivity index (χ4v) is 3.20. The second-order valence-corrected chi connectivity index (χ2v) is 6.20. The van der Waals surface area contributed by atoms with Crippen molar-refractivity contribution in [2.45, 2.75) is 31.3 Å². The predicted molar refractivity (Wildman–Crippen MR) is 87.0 cm³/mol. The molecule has 0 saturated heterocycles. The zero-order valence-corrected chi connectivity index (χ0v) is 12.4. The van der Waals surface area contributed by atoms with Crippen molar-refractivity contribution in [3.63, 3.8) is 0 Å². The second-order valence-electron chi connectivity index (χ2n) is 6.20. The topological polar surface area (TPSA) is 24.4 Å². The van der Waals surface area contributed by atoms with Gasteiger partial charge in [0.05, 0.1) is 0 Å². The molecule has 0 bridgehead atoms. The Morgan fingerprint density at radius 2 is 2.00 bits per heavy atom. The molecule has 1 aliphatic carbocycles. The third kappa shape index (κ3) is 2.81. The number of nitrogens with zero attached hydrogens (tertiary/aromatic N) is 1. The van der Waals surface area contributed by atoms with Crippen molar-refractivity contribution in [1.29, 1.82) is 0 Å². The molecule has 3 heteroatoms. The monoisotopic (exact) mass is 294 g/mol. The normalized spacial score (nSPS) is 22.4. The summed E-state index contributed by atoms with van der Waals surface area (Å²) >= 11 is 0. The minimum absolute atomic E-state index is 0.162. The summed E-state index contributed by atoms with van der Waals surface area (Å²) in [7, 11) is 0. The van der Waals surface area contributed by atoms with Gasteiger partial charge in [-0.3, -0.25) is 4.99 Å². The summed E-state index contributed by atoms with van der Waals surface area (Å²) in [5, 5.41) is 3.60. The van der Waals surface area contributed by atoms with Gasteiger partial charge in [0.2, 0.25) is 0 Å². The highest BCUT2D eigenvalue weighted by Gasteiger charge is 2.37. The van der Waals surface area contributed by atoms with Crippen LogP contribution in [-0.4, -0.2) is 18.8 Å². The predicted octanol–water partition coefficient (Wildman–Crippen LogP) is 3.45. The Morgan fingerprint density at radius 3 is 2.86 bits per heavy atom. The van der Waals surface area contributed by atoms with Crippen molar-refractivity contribution >= 4 is 6.21 Å². The van der Waals surface area contributed by atoms with E-state index in [1.807, 2.05) is 18.3 Å². The van der Waals surface area contributed by atoms with Crippen LogP contribution in [0.1, 0.15) is 34.6 Å². The Hall–Kier alpha value is -2.00. The molecular weight excluding hydrogens is 275 g/mol. The van der Waals surface area contributed by atoms with Crippen LogP contribution in [0.5, 0.6) is 0 Å². The average molecular weight is 294 g/mol. The Morgan fingerprint density at radius 1 is 1.14 bits per heavy atom. The molecule has 2 aliphatic rings. The third-order valence-electron chi connectivity index (χ3n) is 4.61. The quantitative estimate of drug-likeness (QED) is 0.917. The zero-order chi connectivity index (χ0) is 14.9. The Labute approximate surface area is 130 Å². The fraction of sp³-hybridized carbons (Fsp3) is 0.316. The number of fused-ring (bicyclic) bond motifs is 1. The molecule has 2 aromatic rings. The number of nitrogens with one attached hydrogen (secondary N) is 1. The van der Waals surface area contributed by atoms with Gasteiger partial charge >= 0.3 is 0 Å². The number of benzene rings is 2. The van der Waals surface area contributed by atoms with Gasteiger partial charge in [0.15, 0.2) is 0 Å².